The lowest BCUT2D eigenvalue weighted by molar-refractivity contribution is 0.583. The number of rotatable bonds is 1. The van der Waals surface area contributed by atoms with E-state index in [1.165, 1.54) is 0 Å². The van der Waals surface area contributed by atoms with Crippen LogP contribution in [-0.4, -0.2) is 0 Å². The molecule has 0 bridgehead atoms. The van der Waals surface area contributed by atoms with E-state index < -0.39 is 0 Å². The summed E-state index contributed by atoms with van der Waals surface area (Å²) in [6, 6.07) is 3.93. The van der Waals surface area contributed by atoms with E-state index in [4.69, 9.17) is 4.42 Å². The van der Waals surface area contributed by atoms with Crippen LogP contribution in [0, 0.1) is 13.8 Å². The second-order valence-electron chi connectivity index (χ2n) is 4.63. The quantitative estimate of drug-likeness (QED) is 0.730. The first-order valence-corrected chi connectivity index (χ1v) is 5.53. The molecule has 1 aromatic carbocycles. The molecule has 2 nitrogen and oxygen atoms in total. The van der Waals surface area contributed by atoms with E-state index in [1.54, 1.807) is 6.26 Å². The molecular weight excluding hydrogens is 200 g/mol. The first kappa shape index (κ1) is 10.9. The molecule has 0 aliphatic carbocycles. The molecule has 0 atom stereocenters. The minimum absolute atomic E-state index is 0.100. The maximum absolute atomic E-state index is 12.2. The molecule has 1 heterocycles. The Morgan fingerprint density at radius 3 is 2.50 bits per heavy atom. The third-order valence-electron chi connectivity index (χ3n) is 2.85. The van der Waals surface area contributed by atoms with Crippen LogP contribution in [-0.2, 0) is 0 Å². The molecule has 84 valence electrons. The Morgan fingerprint density at radius 1 is 1.19 bits per heavy atom. The van der Waals surface area contributed by atoms with Crippen LogP contribution in [0.3, 0.4) is 0 Å². The van der Waals surface area contributed by atoms with Crippen LogP contribution in [0.4, 0.5) is 0 Å². The monoisotopic (exact) mass is 216 g/mol. The molecule has 0 fully saturated rings. The zero-order chi connectivity index (χ0) is 11.9. The van der Waals surface area contributed by atoms with Gasteiger partial charge in [0.15, 0.2) is 5.43 Å². The van der Waals surface area contributed by atoms with Gasteiger partial charge in [0.1, 0.15) is 5.58 Å². The molecule has 1 aromatic heterocycles. The van der Waals surface area contributed by atoms with Gasteiger partial charge in [-0.25, -0.2) is 0 Å². The number of hydrogen-bond donors (Lipinski definition) is 0. The second kappa shape index (κ2) is 3.78. The minimum atomic E-state index is 0.100. The Balaban J connectivity index is 2.89. The van der Waals surface area contributed by atoms with Crippen molar-refractivity contribution in [3.8, 4) is 0 Å². The predicted molar refractivity (Wildman–Crippen MR) is 66.0 cm³/mol. The lowest BCUT2D eigenvalue weighted by atomic mass is 10.0. The van der Waals surface area contributed by atoms with Gasteiger partial charge in [-0.1, -0.05) is 19.9 Å². The van der Waals surface area contributed by atoms with E-state index in [2.05, 4.69) is 0 Å². The minimum Gasteiger partial charge on any atom is -0.464 e. The highest BCUT2D eigenvalue weighted by Gasteiger charge is 2.11. The van der Waals surface area contributed by atoms with E-state index in [9.17, 15) is 4.79 Å². The summed E-state index contributed by atoms with van der Waals surface area (Å²) in [6.45, 7) is 7.96. The van der Waals surface area contributed by atoms with Crippen LogP contribution in [0.2, 0.25) is 0 Å². The molecule has 2 heteroatoms. The molecule has 0 saturated heterocycles. The fourth-order valence-corrected chi connectivity index (χ4v) is 2.01. The molecule has 2 aromatic rings. The SMILES string of the molecule is Cc1cc(C)c2occ(C(C)C)c(=O)c2c1. The smallest absolute Gasteiger partial charge is 0.196 e. The van der Waals surface area contributed by atoms with Crippen LogP contribution in [0.15, 0.2) is 27.6 Å². The highest BCUT2D eigenvalue weighted by molar-refractivity contribution is 5.80. The molecule has 0 unspecified atom stereocenters. The van der Waals surface area contributed by atoms with Crippen molar-refractivity contribution in [1.29, 1.82) is 0 Å². The molecule has 0 spiro atoms. The van der Waals surface area contributed by atoms with E-state index in [1.807, 2.05) is 39.8 Å². The Bertz CT molecular complexity index is 591. The summed E-state index contributed by atoms with van der Waals surface area (Å²) in [6.07, 6.45) is 1.59. The van der Waals surface area contributed by atoms with Gasteiger partial charge >= 0.3 is 0 Å². The third-order valence-corrected chi connectivity index (χ3v) is 2.85. The maximum Gasteiger partial charge on any atom is 0.196 e. The van der Waals surface area contributed by atoms with E-state index in [0.29, 0.717) is 11.0 Å². The van der Waals surface area contributed by atoms with Gasteiger partial charge < -0.3 is 4.42 Å². The van der Waals surface area contributed by atoms with Crippen molar-refractivity contribution in [2.45, 2.75) is 33.6 Å². The first-order valence-electron chi connectivity index (χ1n) is 5.53. The highest BCUT2D eigenvalue weighted by atomic mass is 16.3. The Morgan fingerprint density at radius 2 is 1.88 bits per heavy atom. The van der Waals surface area contributed by atoms with Crippen molar-refractivity contribution in [2.24, 2.45) is 0 Å². The van der Waals surface area contributed by atoms with Gasteiger partial charge in [-0.15, -0.1) is 0 Å². The van der Waals surface area contributed by atoms with Crippen LogP contribution in [0.25, 0.3) is 11.0 Å². The standard InChI is InChI=1S/C14H16O2/c1-8(2)12-7-16-14-10(4)5-9(3)6-11(14)13(12)15/h5-8H,1-4H3. The lowest BCUT2D eigenvalue weighted by Crippen LogP contribution is -2.10. The molecule has 0 N–H and O–H groups in total. The third kappa shape index (κ3) is 1.64. The fraction of sp³-hybridized carbons (Fsp3) is 0.357. The van der Waals surface area contributed by atoms with E-state index in [0.717, 1.165) is 16.7 Å². The van der Waals surface area contributed by atoms with Gasteiger partial charge in [0.05, 0.1) is 11.6 Å². The second-order valence-corrected chi connectivity index (χ2v) is 4.63. The average molecular weight is 216 g/mol. The summed E-state index contributed by atoms with van der Waals surface area (Å²) in [7, 11) is 0. The average Bonchev–Trinajstić information content (AvgIpc) is 2.19. The molecule has 0 aliphatic heterocycles. The summed E-state index contributed by atoms with van der Waals surface area (Å²) in [5.74, 6) is 0.196. The predicted octanol–water partition coefficient (Wildman–Crippen LogP) is 3.53. The number of benzene rings is 1. The van der Waals surface area contributed by atoms with Crippen molar-refractivity contribution in [2.75, 3.05) is 0 Å². The Labute approximate surface area is 94.9 Å². The topological polar surface area (TPSA) is 30.2 Å². The largest absolute Gasteiger partial charge is 0.464 e. The van der Waals surface area contributed by atoms with Crippen LogP contribution >= 0.6 is 0 Å². The van der Waals surface area contributed by atoms with Gasteiger partial charge in [-0.05, 0) is 37.0 Å². The van der Waals surface area contributed by atoms with Gasteiger partial charge in [0.2, 0.25) is 0 Å². The Kier molecular flexibility index (Phi) is 2.58. The first-order chi connectivity index (χ1) is 7.50. The number of aryl methyl sites for hydroxylation is 2. The molecule has 16 heavy (non-hydrogen) atoms. The van der Waals surface area contributed by atoms with Crippen molar-refractivity contribution >= 4 is 11.0 Å². The summed E-state index contributed by atoms with van der Waals surface area (Å²) in [5, 5.41) is 0.698. The molecule has 0 saturated carbocycles. The van der Waals surface area contributed by atoms with Crippen LogP contribution in [0.5, 0.6) is 0 Å². The highest BCUT2D eigenvalue weighted by Crippen LogP contribution is 2.20. The normalized spacial score (nSPS) is 11.3. The van der Waals surface area contributed by atoms with E-state index in [-0.39, 0.29) is 11.3 Å². The van der Waals surface area contributed by atoms with Crippen molar-refractivity contribution in [1.82, 2.24) is 0 Å². The number of fused-ring (bicyclic) bond motifs is 1. The summed E-state index contributed by atoms with van der Waals surface area (Å²) < 4.78 is 5.57. The summed E-state index contributed by atoms with van der Waals surface area (Å²) in [5.41, 5.74) is 3.67. The van der Waals surface area contributed by atoms with Gasteiger partial charge in [0, 0.05) is 5.56 Å². The fourth-order valence-electron chi connectivity index (χ4n) is 2.01. The molecule has 0 aliphatic rings. The summed E-state index contributed by atoms with van der Waals surface area (Å²) >= 11 is 0. The zero-order valence-corrected chi connectivity index (χ0v) is 10.1. The van der Waals surface area contributed by atoms with Crippen molar-refractivity contribution in [3.63, 3.8) is 0 Å². The maximum atomic E-state index is 12.2. The summed E-state index contributed by atoms with van der Waals surface area (Å²) in [4.78, 5) is 12.2. The molecular formula is C14H16O2. The van der Waals surface area contributed by atoms with Crippen molar-refractivity contribution in [3.05, 3.63) is 45.3 Å². The van der Waals surface area contributed by atoms with Crippen molar-refractivity contribution < 1.29 is 4.42 Å². The van der Waals surface area contributed by atoms with Crippen LogP contribution in [0.1, 0.15) is 36.5 Å². The molecule has 0 amide bonds. The van der Waals surface area contributed by atoms with E-state index >= 15 is 0 Å². The molecule has 0 radical (unpaired) electrons. The Hall–Kier alpha value is -1.57. The lowest BCUT2D eigenvalue weighted by Gasteiger charge is -2.07. The van der Waals surface area contributed by atoms with Gasteiger partial charge in [-0.3, -0.25) is 4.79 Å². The van der Waals surface area contributed by atoms with Gasteiger partial charge in [0.25, 0.3) is 0 Å². The molecule has 2 rings (SSSR count). The van der Waals surface area contributed by atoms with Gasteiger partial charge in [-0.2, -0.15) is 0 Å². The van der Waals surface area contributed by atoms with Crippen LogP contribution < -0.4 is 5.43 Å². The zero-order valence-electron chi connectivity index (χ0n) is 10.1. The number of hydrogen-bond acceptors (Lipinski definition) is 2.